The van der Waals surface area contributed by atoms with Crippen LogP contribution in [0.15, 0.2) is 17.8 Å². The number of rotatable bonds is 4. The van der Waals surface area contributed by atoms with Gasteiger partial charge in [0.15, 0.2) is 0 Å². The van der Waals surface area contributed by atoms with Crippen molar-refractivity contribution in [3.8, 4) is 10.7 Å². The summed E-state index contributed by atoms with van der Waals surface area (Å²) in [6, 6.07) is 0. The van der Waals surface area contributed by atoms with Gasteiger partial charge in [-0.25, -0.2) is 4.98 Å². The lowest BCUT2D eigenvalue weighted by Crippen LogP contribution is -2.11. The van der Waals surface area contributed by atoms with E-state index in [1.54, 1.807) is 17.5 Å². The molecule has 2 N–H and O–H groups in total. The minimum absolute atomic E-state index is 0.835. The zero-order valence-corrected chi connectivity index (χ0v) is 8.77. The Bertz CT molecular complexity index is 379. The standard InChI is InChI=1S/C9H12N4S/c1-2-10-5-7-6-12-13-8(7)9-11-3-4-14-9/h3-4,6,10H,2,5H2,1H3,(H,12,13). The first-order chi connectivity index (χ1) is 6.92. The number of H-pyrrole nitrogens is 1. The summed E-state index contributed by atoms with van der Waals surface area (Å²) >= 11 is 1.62. The van der Waals surface area contributed by atoms with Gasteiger partial charge in [-0.1, -0.05) is 6.92 Å². The van der Waals surface area contributed by atoms with E-state index in [4.69, 9.17) is 0 Å². The second kappa shape index (κ2) is 4.34. The maximum atomic E-state index is 4.25. The summed E-state index contributed by atoms with van der Waals surface area (Å²) < 4.78 is 0. The molecule has 0 fully saturated rings. The molecule has 4 nitrogen and oxygen atoms in total. The Morgan fingerprint density at radius 3 is 3.21 bits per heavy atom. The number of aromatic amines is 1. The molecule has 0 radical (unpaired) electrons. The van der Waals surface area contributed by atoms with Crippen LogP contribution in [-0.2, 0) is 6.54 Å². The third-order valence-corrected chi connectivity index (χ3v) is 2.72. The number of hydrogen-bond acceptors (Lipinski definition) is 4. The maximum absolute atomic E-state index is 4.25. The van der Waals surface area contributed by atoms with Crippen molar-refractivity contribution in [1.29, 1.82) is 0 Å². The van der Waals surface area contributed by atoms with E-state index in [0.29, 0.717) is 0 Å². The summed E-state index contributed by atoms with van der Waals surface area (Å²) in [6.07, 6.45) is 3.65. The van der Waals surface area contributed by atoms with Gasteiger partial charge in [-0.15, -0.1) is 11.3 Å². The summed E-state index contributed by atoms with van der Waals surface area (Å²) in [5.74, 6) is 0. The molecule has 0 aromatic carbocycles. The monoisotopic (exact) mass is 208 g/mol. The molecule has 2 heterocycles. The Morgan fingerprint density at radius 2 is 2.50 bits per heavy atom. The lowest BCUT2D eigenvalue weighted by Gasteiger charge is -2.00. The Balaban J connectivity index is 2.22. The summed E-state index contributed by atoms with van der Waals surface area (Å²) in [5, 5.41) is 13.2. The van der Waals surface area contributed by atoms with E-state index in [1.807, 2.05) is 11.6 Å². The van der Waals surface area contributed by atoms with Crippen LogP contribution in [0.4, 0.5) is 0 Å². The van der Waals surface area contributed by atoms with Crippen LogP contribution in [0.2, 0.25) is 0 Å². The molecule has 14 heavy (non-hydrogen) atoms. The van der Waals surface area contributed by atoms with Gasteiger partial charge >= 0.3 is 0 Å². The van der Waals surface area contributed by atoms with Crippen LogP contribution in [0.25, 0.3) is 10.7 Å². The molecular formula is C9H12N4S. The fraction of sp³-hybridized carbons (Fsp3) is 0.333. The van der Waals surface area contributed by atoms with Gasteiger partial charge in [-0.05, 0) is 6.54 Å². The third-order valence-electron chi connectivity index (χ3n) is 1.93. The summed E-state index contributed by atoms with van der Waals surface area (Å²) in [4.78, 5) is 4.25. The fourth-order valence-electron chi connectivity index (χ4n) is 1.24. The number of nitrogens with one attached hydrogen (secondary N) is 2. The second-order valence-electron chi connectivity index (χ2n) is 2.89. The highest BCUT2D eigenvalue weighted by atomic mass is 32.1. The zero-order chi connectivity index (χ0) is 9.80. The first kappa shape index (κ1) is 9.36. The number of thiazole rings is 1. The van der Waals surface area contributed by atoms with Crippen molar-refractivity contribution in [3.05, 3.63) is 23.3 Å². The first-order valence-corrected chi connectivity index (χ1v) is 5.42. The average molecular weight is 208 g/mol. The van der Waals surface area contributed by atoms with E-state index >= 15 is 0 Å². The van der Waals surface area contributed by atoms with Crippen LogP contribution < -0.4 is 5.32 Å². The molecular weight excluding hydrogens is 196 g/mol. The van der Waals surface area contributed by atoms with Crippen molar-refractivity contribution in [2.45, 2.75) is 13.5 Å². The van der Waals surface area contributed by atoms with Crippen LogP contribution >= 0.6 is 11.3 Å². The van der Waals surface area contributed by atoms with Crippen LogP contribution in [0.1, 0.15) is 12.5 Å². The number of aromatic nitrogens is 3. The summed E-state index contributed by atoms with van der Waals surface area (Å²) in [6.45, 7) is 3.88. The van der Waals surface area contributed by atoms with Crippen molar-refractivity contribution in [2.75, 3.05) is 6.54 Å². The lowest BCUT2D eigenvalue weighted by atomic mass is 10.2. The highest BCUT2D eigenvalue weighted by Crippen LogP contribution is 2.22. The minimum atomic E-state index is 0.835. The first-order valence-electron chi connectivity index (χ1n) is 4.54. The van der Waals surface area contributed by atoms with Gasteiger partial charge in [0.05, 0.1) is 11.9 Å². The number of nitrogens with zero attached hydrogens (tertiary/aromatic N) is 2. The van der Waals surface area contributed by atoms with Crippen molar-refractivity contribution >= 4 is 11.3 Å². The van der Waals surface area contributed by atoms with Crippen molar-refractivity contribution in [2.24, 2.45) is 0 Å². The summed E-state index contributed by atoms with van der Waals surface area (Å²) in [5.41, 5.74) is 2.20. The average Bonchev–Trinajstić information content (AvgIpc) is 2.84. The highest BCUT2D eigenvalue weighted by molar-refractivity contribution is 7.13. The second-order valence-corrected chi connectivity index (χ2v) is 3.78. The van der Waals surface area contributed by atoms with Crippen molar-refractivity contribution in [3.63, 3.8) is 0 Å². The molecule has 0 aliphatic carbocycles. The minimum Gasteiger partial charge on any atom is -0.313 e. The molecule has 0 saturated heterocycles. The predicted molar refractivity (Wildman–Crippen MR) is 57.1 cm³/mol. The molecule has 0 aliphatic rings. The van der Waals surface area contributed by atoms with E-state index in [9.17, 15) is 0 Å². The predicted octanol–water partition coefficient (Wildman–Crippen LogP) is 1.64. The number of hydrogen-bond donors (Lipinski definition) is 2. The molecule has 0 bridgehead atoms. The van der Waals surface area contributed by atoms with Crippen LogP contribution in [0, 0.1) is 0 Å². The smallest absolute Gasteiger partial charge is 0.141 e. The molecule has 0 amide bonds. The van der Waals surface area contributed by atoms with Crippen LogP contribution in [0.5, 0.6) is 0 Å². The van der Waals surface area contributed by atoms with Gasteiger partial charge in [0, 0.05) is 23.7 Å². The van der Waals surface area contributed by atoms with Crippen molar-refractivity contribution < 1.29 is 0 Å². The Labute approximate surface area is 86.4 Å². The molecule has 0 spiro atoms. The van der Waals surface area contributed by atoms with Gasteiger partial charge in [0.1, 0.15) is 5.01 Å². The molecule has 2 aromatic rings. The Morgan fingerprint density at radius 1 is 1.57 bits per heavy atom. The molecule has 2 rings (SSSR count). The largest absolute Gasteiger partial charge is 0.313 e. The van der Waals surface area contributed by atoms with Gasteiger partial charge in [0.2, 0.25) is 0 Å². The Kier molecular flexibility index (Phi) is 2.90. The van der Waals surface area contributed by atoms with E-state index in [0.717, 1.165) is 23.8 Å². The van der Waals surface area contributed by atoms with Crippen LogP contribution in [-0.4, -0.2) is 21.7 Å². The molecule has 2 aromatic heterocycles. The quantitative estimate of drug-likeness (QED) is 0.803. The maximum Gasteiger partial charge on any atom is 0.141 e. The highest BCUT2D eigenvalue weighted by Gasteiger charge is 2.08. The zero-order valence-electron chi connectivity index (χ0n) is 7.95. The molecule has 0 saturated carbocycles. The van der Waals surface area contributed by atoms with Gasteiger partial charge < -0.3 is 5.32 Å². The third kappa shape index (κ3) is 1.83. The Hall–Kier alpha value is -1.20. The van der Waals surface area contributed by atoms with Crippen molar-refractivity contribution in [1.82, 2.24) is 20.5 Å². The molecule has 0 unspecified atom stereocenters. The van der Waals surface area contributed by atoms with E-state index < -0.39 is 0 Å². The fourth-order valence-corrected chi connectivity index (χ4v) is 1.90. The normalized spacial score (nSPS) is 10.6. The van der Waals surface area contributed by atoms with E-state index in [2.05, 4.69) is 27.4 Å². The molecule has 74 valence electrons. The van der Waals surface area contributed by atoms with Gasteiger partial charge in [-0.3, -0.25) is 5.10 Å². The SMILES string of the molecule is CCNCc1cn[nH]c1-c1nccs1. The topological polar surface area (TPSA) is 53.6 Å². The lowest BCUT2D eigenvalue weighted by molar-refractivity contribution is 0.728. The molecule has 5 heteroatoms. The molecule has 0 aliphatic heterocycles. The summed E-state index contributed by atoms with van der Waals surface area (Å²) in [7, 11) is 0. The van der Waals surface area contributed by atoms with Gasteiger partial charge in [-0.2, -0.15) is 5.10 Å². The van der Waals surface area contributed by atoms with E-state index in [-0.39, 0.29) is 0 Å². The van der Waals surface area contributed by atoms with Crippen LogP contribution in [0.3, 0.4) is 0 Å². The van der Waals surface area contributed by atoms with E-state index in [1.165, 1.54) is 5.56 Å². The molecule has 0 atom stereocenters. The van der Waals surface area contributed by atoms with Gasteiger partial charge in [0.25, 0.3) is 0 Å².